The van der Waals surface area contributed by atoms with E-state index in [1.54, 1.807) is 6.07 Å². The van der Waals surface area contributed by atoms with Crippen LogP contribution in [0, 0.1) is 18.3 Å². The lowest BCUT2D eigenvalue weighted by atomic mass is 10.1. The van der Waals surface area contributed by atoms with Crippen LogP contribution in [0.4, 0.5) is 0 Å². The molecule has 0 fully saturated rings. The van der Waals surface area contributed by atoms with Crippen LogP contribution in [0.3, 0.4) is 0 Å². The van der Waals surface area contributed by atoms with Gasteiger partial charge < -0.3 is 4.98 Å². The van der Waals surface area contributed by atoms with Gasteiger partial charge in [-0.25, -0.2) is 0 Å². The van der Waals surface area contributed by atoms with Gasteiger partial charge in [0.15, 0.2) is 0 Å². The predicted molar refractivity (Wildman–Crippen MR) is 52.8 cm³/mol. The lowest BCUT2D eigenvalue weighted by Gasteiger charge is -1.96. The van der Waals surface area contributed by atoms with Crippen molar-refractivity contribution in [2.45, 2.75) is 6.92 Å². The van der Waals surface area contributed by atoms with E-state index in [1.165, 1.54) is 0 Å². The van der Waals surface area contributed by atoms with Crippen molar-refractivity contribution < 1.29 is 0 Å². The molecule has 0 saturated carbocycles. The molecular weight excluding hydrogens is 184 g/mol. The van der Waals surface area contributed by atoms with Gasteiger partial charge in [-0.05, 0) is 18.6 Å². The zero-order valence-electron chi connectivity index (χ0n) is 7.06. The van der Waals surface area contributed by atoms with E-state index >= 15 is 0 Å². The first-order chi connectivity index (χ1) is 6.24. The third kappa shape index (κ3) is 1.09. The van der Waals surface area contributed by atoms with Crippen LogP contribution in [0.15, 0.2) is 18.3 Å². The summed E-state index contributed by atoms with van der Waals surface area (Å²) in [5.41, 5.74) is 2.50. The fourth-order valence-electron chi connectivity index (χ4n) is 1.39. The molecule has 1 aromatic heterocycles. The fraction of sp³-hybridized carbons (Fsp3) is 0.100. The van der Waals surface area contributed by atoms with Gasteiger partial charge in [-0.3, -0.25) is 0 Å². The molecule has 1 aromatic carbocycles. The monoisotopic (exact) mass is 190 g/mol. The highest BCUT2D eigenvalue weighted by Gasteiger charge is 2.07. The van der Waals surface area contributed by atoms with Gasteiger partial charge in [0.25, 0.3) is 0 Å². The third-order valence-electron chi connectivity index (χ3n) is 2.12. The average Bonchev–Trinajstić information content (AvgIpc) is 2.50. The molecule has 0 aliphatic carbocycles. The summed E-state index contributed by atoms with van der Waals surface area (Å²) in [5.74, 6) is 0. The second-order valence-electron chi connectivity index (χ2n) is 2.93. The number of benzene rings is 1. The number of H-pyrrole nitrogens is 1. The van der Waals surface area contributed by atoms with Gasteiger partial charge >= 0.3 is 0 Å². The summed E-state index contributed by atoms with van der Waals surface area (Å²) < 4.78 is 0. The fourth-order valence-corrected chi connectivity index (χ4v) is 1.65. The van der Waals surface area contributed by atoms with Crippen molar-refractivity contribution in [3.05, 3.63) is 34.5 Å². The molecule has 3 heteroatoms. The minimum Gasteiger partial charge on any atom is -0.360 e. The Morgan fingerprint density at radius 3 is 2.92 bits per heavy atom. The number of halogens is 1. The Labute approximate surface area is 80.7 Å². The molecule has 0 aliphatic heterocycles. The molecule has 2 nitrogen and oxygen atoms in total. The van der Waals surface area contributed by atoms with Gasteiger partial charge in [-0.15, -0.1) is 0 Å². The number of fused-ring (bicyclic) bond motifs is 1. The van der Waals surface area contributed by atoms with Crippen molar-refractivity contribution in [3.8, 4) is 6.07 Å². The summed E-state index contributed by atoms with van der Waals surface area (Å²) in [6, 6.07) is 5.69. The molecule has 0 bridgehead atoms. The van der Waals surface area contributed by atoms with Gasteiger partial charge in [-0.2, -0.15) is 5.26 Å². The van der Waals surface area contributed by atoms with Crippen molar-refractivity contribution in [1.82, 2.24) is 4.98 Å². The Morgan fingerprint density at radius 2 is 2.23 bits per heavy atom. The lowest BCUT2D eigenvalue weighted by Crippen LogP contribution is -1.78. The van der Waals surface area contributed by atoms with Gasteiger partial charge in [0.2, 0.25) is 0 Å². The van der Waals surface area contributed by atoms with Crippen molar-refractivity contribution in [2.24, 2.45) is 0 Å². The third-order valence-corrected chi connectivity index (χ3v) is 2.51. The maximum absolute atomic E-state index is 8.74. The van der Waals surface area contributed by atoms with Gasteiger partial charge in [-0.1, -0.05) is 17.7 Å². The van der Waals surface area contributed by atoms with E-state index < -0.39 is 0 Å². The van der Waals surface area contributed by atoms with Crippen LogP contribution in [0.2, 0.25) is 5.02 Å². The Hall–Kier alpha value is -1.46. The average molecular weight is 191 g/mol. The van der Waals surface area contributed by atoms with E-state index in [0.29, 0.717) is 10.6 Å². The number of nitriles is 1. The minimum absolute atomic E-state index is 0.508. The second-order valence-corrected chi connectivity index (χ2v) is 3.31. The number of nitrogens with one attached hydrogen (secondary N) is 1. The summed E-state index contributed by atoms with van der Waals surface area (Å²) in [6.45, 7) is 2.00. The van der Waals surface area contributed by atoms with E-state index in [2.05, 4.69) is 4.98 Å². The lowest BCUT2D eigenvalue weighted by molar-refractivity contribution is 1.42. The minimum atomic E-state index is 0.508. The highest BCUT2D eigenvalue weighted by Crippen LogP contribution is 2.27. The van der Waals surface area contributed by atoms with Crippen LogP contribution >= 0.6 is 11.6 Å². The van der Waals surface area contributed by atoms with Crippen molar-refractivity contribution in [1.29, 1.82) is 5.26 Å². The molecule has 1 N–H and O–H groups in total. The zero-order chi connectivity index (χ0) is 9.42. The Kier molecular flexibility index (Phi) is 1.75. The molecule has 64 valence electrons. The molecule has 0 saturated heterocycles. The first-order valence-electron chi connectivity index (χ1n) is 3.90. The van der Waals surface area contributed by atoms with Gasteiger partial charge in [0.05, 0.1) is 16.1 Å². The molecule has 0 aliphatic rings. The summed E-state index contributed by atoms with van der Waals surface area (Å²) in [4.78, 5) is 3.05. The summed E-state index contributed by atoms with van der Waals surface area (Å²) in [7, 11) is 0. The zero-order valence-corrected chi connectivity index (χ0v) is 7.81. The van der Waals surface area contributed by atoms with Crippen LogP contribution in [0.5, 0.6) is 0 Å². The topological polar surface area (TPSA) is 39.6 Å². The number of aromatic amines is 1. The van der Waals surface area contributed by atoms with Crippen LogP contribution < -0.4 is 0 Å². The first kappa shape index (κ1) is 8.15. The molecule has 1 heterocycles. The highest BCUT2D eigenvalue weighted by atomic mass is 35.5. The SMILES string of the molecule is Cc1c[nH]c2c(Cl)c(C#N)ccc12. The van der Waals surface area contributed by atoms with Crippen LogP contribution in [0.1, 0.15) is 11.1 Å². The molecule has 2 aromatic rings. The van der Waals surface area contributed by atoms with Gasteiger partial charge in [0, 0.05) is 11.6 Å². The standard InChI is InChI=1S/C10H7ClN2/c1-6-5-13-10-8(6)3-2-7(4-12)9(10)11/h2-3,5,13H,1H3. The maximum atomic E-state index is 8.74. The molecule has 2 rings (SSSR count). The molecule has 13 heavy (non-hydrogen) atoms. The first-order valence-corrected chi connectivity index (χ1v) is 4.28. The number of nitrogens with zero attached hydrogens (tertiary/aromatic N) is 1. The Morgan fingerprint density at radius 1 is 1.46 bits per heavy atom. The largest absolute Gasteiger partial charge is 0.360 e. The number of aromatic nitrogens is 1. The predicted octanol–water partition coefficient (Wildman–Crippen LogP) is 3.00. The molecule has 0 unspecified atom stereocenters. The highest BCUT2D eigenvalue weighted by molar-refractivity contribution is 6.36. The van der Waals surface area contributed by atoms with E-state index in [4.69, 9.17) is 16.9 Å². The molecular formula is C10H7ClN2. The smallest absolute Gasteiger partial charge is 0.101 e. The number of rotatable bonds is 0. The number of hydrogen-bond acceptors (Lipinski definition) is 1. The normalized spacial score (nSPS) is 10.2. The molecule has 0 radical (unpaired) electrons. The number of aryl methyl sites for hydroxylation is 1. The van der Waals surface area contributed by atoms with Crippen molar-refractivity contribution >= 4 is 22.5 Å². The van der Waals surface area contributed by atoms with Crippen molar-refractivity contribution in [2.75, 3.05) is 0 Å². The second kappa shape index (κ2) is 2.79. The van der Waals surface area contributed by atoms with Crippen LogP contribution in [-0.2, 0) is 0 Å². The molecule has 0 atom stereocenters. The maximum Gasteiger partial charge on any atom is 0.101 e. The quantitative estimate of drug-likeness (QED) is 0.682. The van der Waals surface area contributed by atoms with Gasteiger partial charge in [0.1, 0.15) is 6.07 Å². The van der Waals surface area contributed by atoms with Crippen molar-refractivity contribution in [3.63, 3.8) is 0 Å². The van der Waals surface area contributed by atoms with Crippen LogP contribution in [0.25, 0.3) is 10.9 Å². The van der Waals surface area contributed by atoms with E-state index in [1.807, 2.05) is 25.3 Å². The summed E-state index contributed by atoms with van der Waals surface area (Å²) >= 11 is 6.00. The van der Waals surface area contributed by atoms with E-state index in [-0.39, 0.29) is 0 Å². The van der Waals surface area contributed by atoms with E-state index in [9.17, 15) is 0 Å². The van der Waals surface area contributed by atoms with Crippen LogP contribution in [-0.4, -0.2) is 4.98 Å². The number of hydrogen-bond donors (Lipinski definition) is 1. The summed E-state index contributed by atoms with van der Waals surface area (Å²) in [6.07, 6.45) is 1.89. The summed E-state index contributed by atoms with van der Waals surface area (Å²) in [5, 5.41) is 10.3. The Bertz CT molecular complexity index is 505. The Balaban J connectivity index is 2.90. The van der Waals surface area contributed by atoms with E-state index in [0.717, 1.165) is 16.5 Å². The molecule has 0 spiro atoms. The molecule has 0 amide bonds.